The number of hydrogen-bond acceptors (Lipinski definition) is 3. The molecule has 3 N–H and O–H groups in total. The number of amides is 2. The Morgan fingerprint density at radius 3 is 2.50 bits per heavy atom. The fourth-order valence-electron chi connectivity index (χ4n) is 2.78. The van der Waals surface area contributed by atoms with Crippen LogP contribution in [0.4, 0.5) is 4.79 Å². The van der Waals surface area contributed by atoms with Crippen LogP contribution in [0.1, 0.15) is 39.0 Å². The molecule has 1 atom stereocenters. The first-order valence-electron chi connectivity index (χ1n) is 7.54. The zero-order chi connectivity index (χ0) is 14.6. The second-order valence-electron chi connectivity index (χ2n) is 6.06. The second-order valence-corrected chi connectivity index (χ2v) is 6.06. The minimum absolute atomic E-state index is 0.0651. The van der Waals surface area contributed by atoms with Crippen LogP contribution in [-0.4, -0.2) is 53.7 Å². The van der Waals surface area contributed by atoms with Crippen molar-refractivity contribution in [1.82, 2.24) is 15.5 Å². The van der Waals surface area contributed by atoms with E-state index < -0.39 is 11.5 Å². The lowest BCUT2D eigenvalue weighted by Gasteiger charge is -2.26. The first kappa shape index (κ1) is 15.1. The van der Waals surface area contributed by atoms with Crippen molar-refractivity contribution >= 4 is 12.0 Å². The Morgan fingerprint density at radius 2 is 1.95 bits per heavy atom. The molecular weight excluding hydrogens is 258 g/mol. The maximum absolute atomic E-state index is 11.8. The van der Waals surface area contributed by atoms with Gasteiger partial charge >= 0.3 is 12.0 Å². The van der Waals surface area contributed by atoms with Gasteiger partial charge in [-0.1, -0.05) is 0 Å². The molecule has 1 saturated carbocycles. The van der Waals surface area contributed by atoms with E-state index in [-0.39, 0.29) is 11.9 Å². The Hall–Kier alpha value is -1.30. The lowest BCUT2D eigenvalue weighted by molar-refractivity contribution is -0.144. The molecule has 1 aliphatic carbocycles. The van der Waals surface area contributed by atoms with Crippen molar-refractivity contribution in [3.8, 4) is 0 Å². The molecule has 1 saturated heterocycles. The van der Waals surface area contributed by atoms with Gasteiger partial charge in [-0.25, -0.2) is 9.59 Å². The Labute approximate surface area is 119 Å². The monoisotopic (exact) mass is 283 g/mol. The smallest absolute Gasteiger partial charge is 0.329 e. The topological polar surface area (TPSA) is 81.7 Å². The van der Waals surface area contributed by atoms with E-state index in [1.807, 2.05) is 0 Å². The summed E-state index contributed by atoms with van der Waals surface area (Å²) in [5, 5.41) is 14.6. The molecule has 1 aliphatic heterocycles. The molecule has 0 spiro atoms. The zero-order valence-corrected chi connectivity index (χ0v) is 12.2. The van der Waals surface area contributed by atoms with E-state index in [4.69, 9.17) is 0 Å². The number of carbonyl (C=O) groups excluding carboxylic acids is 1. The lowest BCUT2D eigenvalue weighted by atomic mass is 9.96. The minimum Gasteiger partial charge on any atom is -0.480 e. The summed E-state index contributed by atoms with van der Waals surface area (Å²) in [5.74, 6) is -0.887. The van der Waals surface area contributed by atoms with Crippen molar-refractivity contribution in [2.24, 2.45) is 5.92 Å². The van der Waals surface area contributed by atoms with Crippen molar-refractivity contribution in [3.05, 3.63) is 0 Å². The number of nitrogens with zero attached hydrogens (tertiary/aromatic N) is 1. The molecule has 0 aromatic heterocycles. The summed E-state index contributed by atoms with van der Waals surface area (Å²) in [4.78, 5) is 25.5. The van der Waals surface area contributed by atoms with Gasteiger partial charge in [0.1, 0.15) is 5.54 Å². The van der Waals surface area contributed by atoms with E-state index in [1.54, 1.807) is 6.92 Å². The van der Waals surface area contributed by atoms with Gasteiger partial charge in [-0.05, 0) is 64.6 Å². The van der Waals surface area contributed by atoms with Crippen molar-refractivity contribution in [1.29, 1.82) is 0 Å². The van der Waals surface area contributed by atoms with E-state index in [0.717, 1.165) is 38.9 Å². The Balaban J connectivity index is 1.65. The van der Waals surface area contributed by atoms with Gasteiger partial charge in [0.25, 0.3) is 0 Å². The van der Waals surface area contributed by atoms with Crippen LogP contribution in [0, 0.1) is 5.92 Å². The molecule has 2 amide bonds. The summed E-state index contributed by atoms with van der Waals surface area (Å²) < 4.78 is 0. The Morgan fingerprint density at radius 1 is 1.30 bits per heavy atom. The number of rotatable bonds is 7. The van der Waals surface area contributed by atoms with Crippen LogP contribution in [0.5, 0.6) is 0 Å². The summed E-state index contributed by atoms with van der Waals surface area (Å²) in [6.45, 7) is 5.49. The summed E-state index contributed by atoms with van der Waals surface area (Å²) in [7, 11) is 0. The first-order chi connectivity index (χ1) is 9.52. The van der Waals surface area contributed by atoms with E-state index in [9.17, 15) is 14.7 Å². The van der Waals surface area contributed by atoms with Gasteiger partial charge < -0.3 is 20.6 Å². The third-order valence-electron chi connectivity index (χ3n) is 4.35. The second kappa shape index (κ2) is 6.43. The summed E-state index contributed by atoms with van der Waals surface area (Å²) in [6.07, 6.45) is 5.19. The van der Waals surface area contributed by atoms with Crippen LogP contribution in [0.15, 0.2) is 0 Å². The molecule has 2 fully saturated rings. The van der Waals surface area contributed by atoms with E-state index in [1.165, 1.54) is 12.8 Å². The number of aliphatic carboxylic acids is 1. The van der Waals surface area contributed by atoms with Gasteiger partial charge in [0.2, 0.25) is 0 Å². The highest BCUT2D eigenvalue weighted by Gasteiger charge is 2.48. The van der Waals surface area contributed by atoms with Crippen molar-refractivity contribution < 1.29 is 14.7 Å². The van der Waals surface area contributed by atoms with E-state index >= 15 is 0 Å². The quantitative estimate of drug-likeness (QED) is 0.609. The number of likely N-dealkylation sites (tertiary alicyclic amines) is 1. The SMILES string of the molecule is CC(NC(=O)NCCCN1CCCC1)(C(=O)O)C1CC1. The largest absolute Gasteiger partial charge is 0.480 e. The normalized spacial score (nSPS) is 22.2. The van der Waals surface area contributed by atoms with Gasteiger partial charge in [-0.3, -0.25) is 0 Å². The van der Waals surface area contributed by atoms with Crippen molar-refractivity contribution in [3.63, 3.8) is 0 Å². The molecular formula is C14H25N3O3. The fraction of sp³-hybridized carbons (Fsp3) is 0.857. The number of urea groups is 1. The third-order valence-corrected chi connectivity index (χ3v) is 4.35. The molecule has 6 nitrogen and oxygen atoms in total. The highest BCUT2D eigenvalue weighted by atomic mass is 16.4. The van der Waals surface area contributed by atoms with Gasteiger partial charge in [-0.2, -0.15) is 0 Å². The maximum Gasteiger partial charge on any atom is 0.329 e. The Bertz CT molecular complexity index is 365. The fourth-order valence-corrected chi connectivity index (χ4v) is 2.78. The summed E-state index contributed by atoms with van der Waals surface area (Å²) >= 11 is 0. The van der Waals surface area contributed by atoms with E-state index in [0.29, 0.717) is 6.54 Å². The highest BCUT2D eigenvalue weighted by Crippen LogP contribution is 2.39. The van der Waals surface area contributed by atoms with Gasteiger partial charge in [-0.15, -0.1) is 0 Å². The van der Waals surface area contributed by atoms with Crippen LogP contribution in [0.2, 0.25) is 0 Å². The van der Waals surface area contributed by atoms with E-state index in [2.05, 4.69) is 15.5 Å². The molecule has 0 bridgehead atoms. The number of carboxylic acids is 1. The first-order valence-corrected chi connectivity index (χ1v) is 7.54. The maximum atomic E-state index is 11.8. The predicted octanol–water partition coefficient (Wildman–Crippen LogP) is 1.02. The van der Waals surface area contributed by atoms with Gasteiger partial charge in [0.15, 0.2) is 0 Å². The number of hydrogen-bond donors (Lipinski definition) is 3. The molecule has 20 heavy (non-hydrogen) atoms. The highest BCUT2D eigenvalue weighted by molar-refractivity contribution is 5.86. The zero-order valence-electron chi connectivity index (χ0n) is 12.2. The standard InChI is InChI=1S/C14H25N3O3/c1-14(12(18)19,11-5-6-11)16-13(20)15-7-4-10-17-8-2-3-9-17/h11H,2-10H2,1H3,(H,18,19)(H2,15,16,20). The lowest BCUT2D eigenvalue weighted by Crippen LogP contribution is -2.56. The van der Waals surface area contributed by atoms with Crippen LogP contribution >= 0.6 is 0 Å². The third kappa shape index (κ3) is 3.85. The summed E-state index contributed by atoms with van der Waals surface area (Å²) in [5.41, 5.74) is -1.13. The Kier molecular flexibility index (Phi) is 4.86. The molecule has 1 unspecified atom stereocenters. The molecule has 6 heteroatoms. The van der Waals surface area contributed by atoms with Crippen LogP contribution in [0.25, 0.3) is 0 Å². The number of carboxylic acid groups (broad SMARTS) is 1. The molecule has 114 valence electrons. The molecule has 2 rings (SSSR count). The van der Waals surface area contributed by atoms with Crippen molar-refractivity contribution in [2.45, 2.75) is 44.6 Å². The molecule has 0 aromatic carbocycles. The molecule has 2 aliphatic rings. The van der Waals surface area contributed by atoms with Crippen LogP contribution in [0.3, 0.4) is 0 Å². The average molecular weight is 283 g/mol. The van der Waals surface area contributed by atoms with Gasteiger partial charge in [0, 0.05) is 6.54 Å². The van der Waals surface area contributed by atoms with Gasteiger partial charge in [0.05, 0.1) is 0 Å². The molecule has 0 radical (unpaired) electrons. The van der Waals surface area contributed by atoms with Crippen LogP contribution < -0.4 is 10.6 Å². The number of nitrogens with one attached hydrogen (secondary N) is 2. The average Bonchev–Trinajstić information content (AvgIpc) is 3.13. The van der Waals surface area contributed by atoms with Crippen LogP contribution in [-0.2, 0) is 4.79 Å². The summed E-state index contributed by atoms with van der Waals surface area (Å²) in [6, 6.07) is -0.372. The predicted molar refractivity (Wildman–Crippen MR) is 75.6 cm³/mol. The van der Waals surface area contributed by atoms with Crippen molar-refractivity contribution in [2.75, 3.05) is 26.2 Å². The molecule has 1 heterocycles. The molecule has 0 aromatic rings. The number of carbonyl (C=O) groups is 2. The minimum atomic E-state index is -1.13.